The lowest BCUT2D eigenvalue weighted by molar-refractivity contribution is 0.636. The van der Waals surface area contributed by atoms with Crippen molar-refractivity contribution in [3.63, 3.8) is 0 Å². The zero-order chi connectivity index (χ0) is 17.0. The minimum Gasteiger partial charge on any atom is -0.394 e. The van der Waals surface area contributed by atoms with Crippen molar-refractivity contribution in [2.45, 2.75) is 6.92 Å². The Labute approximate surface area is 148 Å². The summed E-state index contributed by atoms with van der Waals surface area (Å²) in [5.41, 5.74) is 9.17. The van der Waals surface area contributed by atoms with Crippen LogP contribution in [0, 0.1) is 16.3 Å². The number of nitrogen functional groups attached to an aromatic ring is 1. The Morgan fingerprint density at radius 2 is 2.04 bits per heavy atom. The Bertz CT molecular complexity index is 1180. The van der Waals surface area contributed by atoms with E-state index in [1.807, 2.05) is 6.92 Å². The Balaban J connectivity index is 2.22. The van der Waals surface area contributed by atoms with Crippen molar-refractivity contribution in [1.29, 1.82) is 0 Å². The molecule has 4 rings (SSSR count). The van der Waals surface area contributed by atoms with Crippen LogP contribution in [-0.4, -0.2) is 20.2 Å². The number of hydrogen-bond acceptors (Lipinski definition) is 4. The molecule has 0 saturated carbocycles. The molecule has 0 saturated heterocycles. The molecule has 0 atom stereocenters. The van der Waals surface area contributed by atoms with Crippen molar-refractivity contribution in [1.82, 2.24) is 20.2 Å². The molecule has 120 valence electrons. The summed E-state index contributed by atoms with van der Waals surface area (Å²) in [4.78, 5) is 19.6. The Morgan fingerprint density at radius 1 is 1.25 bits per heavy atom. The molecule has 0 bridgehead atoms. The number of halogens is 2. The van der Waals surface area contributed by atoms with Gasteiger partial charge in [0.2, 0.25) is 0 Å². The van der Waals surface area contributed by atoms with Gasteiger partial charge in [0.25, 0.3) is 5.56 Å². The van der Waals surface area contributed by atoms with E-state index < -0.39 is 11.4 Å². The van der Waals surface area contributed by atoms with E-state index in [0.717, 1.165) is 9.13 Å². The van der Waals surface area contributed by atoms with Gasteiger partial charge in [0.1, 0.15) is 17.0 Å². The maximum absolute atomic E-state index is 13.9. The van der Waals surface area contributed by atoms with Gasteiger partial charge < -0.3 is 10.7 Å². The molecule has 0 aliphatic rings. The quantitative estimate of drug-likeness (QED) is 0.400. The fourth-order valence-electron chi connectivity index (χ4n) is 2.84. The molecule has 0 spiro atoms. The number of aromatic nitrogens is 4. The van der Waals surface area contributed by atoms with Crippen LogP contribution in [0.1, 0.15) is 5.56 Å². The first kappa shape index (κ1) is 15.1. The van der Waals surface area contributed by atoms with Gasteiger partial charge >= 0.3 is 0 Å². The number of benzene rings is 1. The minimum atomic E-state index is -0.419. The lowest BCUT2D eigenvalue weighted by Crippen LogP contribution is -2.15. The number of aromatic amines is 2. The van der Waals surface area contributed by atoms with Crippen molar-refractivity contribution >= 4 is 50.2 Å². The third kappa shape index (κ3) is 2.02. The van der Waals surface area contributed by atoms with Gasteiger partial charge in [-0.05, 0) is 46.7 Å². The molecule has 0 aliphatic carbocycles. The second-order valence-electron chi connectivity index (χ2n) is 5.45. The van der Waals surface area contributed by atoms with Crippen LogP contribution in [-0.2, 0) is 0 Å². The summed E-state index contributed by atoms with van der Waals surface area (Å²) >= 11 is 2.16. The summed E-state index contributed by atoms with van der Waals surface area (Å²) in [6, 6.07) is 2.91. The predicted octanol–water partition coefficient (Wildman–Crippen LogP) is 3.10. The van der Waals surface area contributed by atoms with Gasteiger partial charge in [0, 0.05) is 20.7 Å². The molecule has 4 aromatic rings. The molecule has 3 aromatic heterocycles. The number of nitrogens with one attached hydrogen (secondary N) is 2. The van der Waals surface area contributed by atoms with Crippen LogP contribution in [0.3, 0.4) is 0 Å². The van der Waals surface area contributed by atoms with Gasteiger partial charge in [-0.2, -0.15) is 5.10 Å². The molecule has 1 aromatic carbocycles. The maximum Gasteiger partial charge on any atom is 0.272 e. The summed E-state index contributed by atoms with van der Waals surface area (Å²) in [6.45, 7) is 1.90. The lowest BCUT2D eigenvalue weighted by Gasteiger charge is -2.12. The molecule has 0 radical (unpaired) electrons. The molecule has 0 fully saturated rings. The fraction of sp³-hybridized carbons (Fsp3) is 0.0625. The topological polar surface area (TPSA) is 100 Å². The van der Waals surface area contributed by atoms with E-state index in [1.54, 1.807) is 12.3 Å². The molecule has 3 heterocycles. The van der Waals surface area contributed by atoms with Gasteiger partial charge in [0.05, 0.1) is 17.2 Å². The second kappa shape index (κ2) is 5.26. The molecule has 4 N–H and O–H groups in total. The van der Waals surface area contributed by atoms with Crippen molar-refractivity contribution in [3.8, 4) is 11.1 Å². The standard InChI is InChI=1S/C16H11FIN5O/c1-6-10(18)5-20-15-11(12(19)16(24)22-13(6)15)7-2-3-9(17)14-8(7)4-21-23-14/h2-5H,19H2,1H3,(H,21,23)(H,22,24). The number of hydrogen-bond donors (Lipinski definition) is 3. The van der Waals surface area contributed by atoms with E-state index in [-0.39, 0.29) is 11.2 Å². The smallest absolute Gasteiger partial charge is 0.272 e. The van der Waals surface area contributed by atoms with Gasteiger partial charge in [0.15, 0.2) is 0 Å². The van der Waals surface area contributed by atoms with Crippen molar-refractivity contribution < 1.29 is 4.39 Å². The Kier molecular flexibility index (Phi) is 3.30. The number of rotatable bonds is 1. The average molecular weight is 435 g/mol. The summed E-state index contributed by atoms with van der Waals surface area (Å²) in [6.07, 6.45) is 3.23. The van der Waals surface area contributed by atoms with Gasteiger partial charge in [-0.25, -0.2) is 4.39 Å². The SMILES string of the molecule is Cc1c(I)cnc2c(-c3ccc(F)c4[nH]ncc34)c(N)c(=O)[nH]c12. The summed E-state index contributed by atoms with van der Waals surface area (Å²) in [5.74, 6) is -0.419. The van der Waals surface area contributed by atoms with Crippen LogP contribution < -0.4 is 11.3 Å². The summed E-state index contributed by atoms with van der Waals surface area (Å²) < 4.78 is 14.9. The Hall–Kier alpha value is -2.49. The highest BCUT2D eigenvalue weighted by molar-refractivity contribution is 14.1. The molecule has 0 aliphatic heterocycles. The Morgan fingerprint density at radius 3 is 2.83 bits per heavy atom. The van der Waals surface area contributed by atoms with Gasteiger partial charge in [-0.1, -0.05) is 6.07 Å². The average Bonchev–Trinajstić information content (AvgIpc) is 3.05. The molecule has 24 heavy (non-hydrogen) atoms. The predicted molar refractivity (Wildman–Crippen MR) is 99.3 cm³/mol. The van der Waals surface area contributed by atoms with E-state index >= 15 is 0 Å². The van der Waals surface area contributed by atoms with Gasteiger partial charge in [-0.3, -0.25) is 14.9 Å². The molecular weight excluding hydrogens is 424 g/mol. The molecule has 8 heteroatoms. The van der Waals surface area contributed by atoms with Crippen molar-refractivity contribution in [2.24, 2.45) is 0 Å². The van der Waals surface area contributed by atoms with E-state index in [1.165, 1.54) is 12.3 Å². The maximum atomic E-state index is 13.9. The number of nitrogens with zero attached hydrogens (tertiary/aromatic N) is 2. The number of H-pyrrole nitrogens is 2. The third-order valence-corrected chi connectivity index (χ3v) is 5.19. The number of nitrogens with two attached hydrogens (primary N) is 1. The summed E-state index contributed by atoms with van der Waals surface area (Å²) in [5, 5.41) is 7.07. The second-order valence-corrected chi connectivity index (χ2v) is 6.61. The van der Waals surface area contributed by atoms with E-state index in [4.69, 9.17) is 5.73 Å². The first-order valence-corrected chi connectivity index (χ1v) is 8.15. The van der Waals surface area contributed by atoms with Crippen LogP contribution in [0.2, 0.25) is 0 Å². The lowest BCUT2D eigenvalue weighted by atomic mass is 9.98. The fourth-order valence-corrected chi connectivity index (χ4v) is 3.25. The van der Waals surface area contributed by atoms with Crippen LogP contribution in [0.5, 0.6) is 0 Å². The third-order valence-electron chi connectivity index (χ3n) is 4.10. The highest BCUT2D eigenvalue weighted by atomic mass is 127. The first-order valence-electron chi connectivity index (χ1n) is 7.07. The van der Waals surface area contributed by atoms with E-state index in [0.29, 0.717) is 27.5 Å². The molecule has 6 nitrogen and oxygen atoms in total. The molecular formula is C16H11FIN5O. The largest absolute Gasteiger partial charge is 0.394 e. The molecule has 0 amide bonds. The number of pyridine rings is 2. The highest BCUT2D eigenvalue weighted by Crippen LogP contribution is 2.36. The zero-order valence-electron chi connectivity index (χ0n) is 12.4. The zero-order valence-corrected chi connectivity index (χ0v) is 14.6. The number of anilines is 1. The van der Waals surface area contributed by atoms with E-state index in [2.05, 4.69) is 42.8 Å². The first-order chi connectivity index (χ1) is 11.5. The van der Waals surface area contributed by atoms with Crippen LogP contribution in [0.15, 0.2) is 29.3 Å². The van der Waals surface area contributed by atoms with E-state index in [9.17, 15) is 9.18 Å². The highest BCUT2D eigenvalue weighted by Gasteiger charge is 2.19. The summed E-state index contributed by atoms with van der Waals surface area (Å²) in [7, 11) is 0. The number of fused-ring (bicyclic) bond motifs is 2. The minimum absolute atomic E-state index is 0.0460. The van der Waals surface area contributed by atoms with Crippen molar-refractivity contribution in [2.75, 3.05) is 5.73 Å². The van der Waals surface area contributed by atoms with Crippen molar-refractivity contribution in [3.05, 3.63) is 49.8 Å². The van der Waals surface area contributed by atoms with Crippen LogP contribution in [0.4, 0.5) is 10.1 Å². The monoisotopic (exact) mass is 435 g/mol. The molecule has 0 unspecified atom stereocenters. The normalized spacial score (nSPS) is 11.5. The van der Waals surface area contributed by atoms with Crippen LogP contribution >= 0.6 is 22.6 Å². The number of aryl methyl sites for hydroxylation is 1. The van der Waals surface area contributed by atoms with Gasteiger partial charge in [-0.15, -0.1) is 0 Å². The van der Waals surface area contributed by atoms with Crippen LogP contribution in [0.25, 0.3) is 33.1 Å².